The molecule has 0 fully saturated rings. The molecule has 0 atom stereocenters. The zero-order valence-corrected chi connectivity index (χ0v) is 11.1. The van der Waals surface area contributed by atoms with Gasteiger partial charge in [0, 0.05) is 12.8 Å². The number of unbranched alkanes of at least 4 members (excludes halogenated alkanes) is 2. The van der Waals surface area contributed by atoms with Crippen molar-refractivity contribution in [3.63, 3.8) is 0 Å². The van der Waals surface area contributed by atoms with Gasteiger partial charge in [-0.05, 0) is 37.1 Å². The van der Waals surface area contributed by atoms with Gasteiger partial charge >= 0.3 is 6.36 Å². The van der Waals surface area contributed by atoms with Gasteiger partial charge in [0.1, 0.15) is 11.5 Å². The Morgan fingerprint density at radius 2 is 1.75 bits per heavy atom. The summed E-state index contributed by atoms with van der Waals surface area (Å²) >= 11 is 0. The Balaban J connectivity index is 2.39. The minimum atomic E-state index is -4.69. The third-order valence-electron chi connectivity index (χ3n) is 2.72. The molecule has 0 heterocycles. The Morgan fingerprint density at radius 3 is 2.30 bits per heavy atom. The number of Topliss-reactive ketones (excluding diaryl/α,β-unsaturated/α-hetero) is 1. The van der Waals surface area contributed by atoms with Gasteiger partial charge in [0.05, 0.1) is 0 Å². The van der Waals surface area contributed by atoms with Crippen LogP contribution in [0.15, 0.2) is 24.3 Å². The van der Waals surface area contributed by atoms with Gasteiger partial charge in [-0.2, -0.15) is 0 Å². The van der Waals surface area contributed by atoms with Crippen molar-refractivity contribution in [2.24, 2.45) is 5.73 Å². The molecule has 0 amide bonds. The average Bonchev–Trinajstić information content (AvgIpc) is 2.35. The number of hydrogen-bond donors (Lipinski definition) is 1. The number of rotatable bonds is 8. The van der Waals surface area contributed by atoms with E-state index in [4.69, 9.17) is 5.73 Å². The molecule has 1 aromatic carbocycles. The summed E-state index contributed by atoms with van der Waals surface area (Å²) in [5.41, 5.74) is 6.03. The zero-order chi connectivity index (χ0) is 15.0. The second-order valence-corrected chi connectivity index (χ2v) is 4.51. The second-order valence-electron chi connectivity index (χ2n) is 4.51. The number of ether oxygens (including phenoxy) is 1. The second kappa shape index (κ2) is 7.89. The molecule has 0 aliphatic heterocycles. The van der Waals surface area contributed by atoms with Crippen LogP contribution in [0, 0.1) is 0 Å². The normalized spacial score (nSPS) is 11.4. The average molecular weight is 289 g/mol. The lowest BCUT2D eigenvalue weighted by Crippen LogP contribution is -2.17. The first-order chi connectivity index (χ1) is 9.40. The molecular weight excluding hydrogens is 271 g/mol. The maximum absolute atomic E-state index is 12.0. The first-order valence-electron chi connectivity index (χ1n) is 6.47. The van der Waals surface area contributed by atoms with Gasteiger partial charge < -0.3 is 10.5 Å². The fourth-order valence-electron chi connectivity index (χ4n) is 1.77. The molecule has 0 saturated carbocycles. The van der Waals surface area contributed by atoms with E-state index in [0.29, 0.717) is 18.5 Å². The highest BCUT2D eigenvalue weighted by molar-refractivity contribution is 5.80. The van der Waals surface area contributed by atoms with Crippen LogP contribution in [-0.2, 0) is 11.2 Å². The largest absolute Gasteiger partial charge is 0.573 e. The predicted molar refractivity (Wildman–Crippen MR) is 69.4 cm³/mol. The van der Waals surface area contributed by atoms with E-state index in [0.717, 1.165) is 19.3 Å². The molecule has 0 saturated heterocycles. The summed E-state index contributed by atoms with van der Waals surface area (Å²) in [6.45, 7) is 0.620. The van der Waals surface area contributed by atoms with Gasteiger partial charge in [0.2, 0.25) is 0 Å². The first-order valence-corrected chi connectivity index (χ1v) is 6.47. The van der Waals surface area contributed by atoms with Crippen molar-refractivity contribution < 1.29 is 22.7 Å². The highest BCUT2D eigenvalue weighted by atomic mass is 19.4. The molecule has 2 N–H and O–H groups in total. The van der Waals surface area contributed by atoms with Crippen LogP contribution in [0.3, 0.4) is 0 Å². The van der Waals surface area contributed by atoms with Crippen LogP contribution in [-0.4, -0.2) is 18.7 Å². The quantitative estimate of drug-likeness (QED) is 0.748. The number of carbonyl (C=O) groups excluding carboxylic acids is 1. The first kappa shape index (κ1) is 16.5. The molecule has 3 nitrogen and oxygen atoms in total. The fraction of sp³-hybridized carbons (Fsp3) is 0.500. The zero-order valence-electron chi connectivity index (χ0n) is 11.1. The van der Waals surface area contributed by atoms with Crippen LogP contribution in [0.4, 0.5) is 13.2 Å². The third-order valence-corrected chi connectivity index (χ3v) is 2.72. The summed E-state index contributed by atoms with van der Waals surface area (Å²) < 4.78 is 39.7. The predicted octanol–water partition coefficient (Wildman–Crippen LogP) is 3.22. The van der Waals surface area contributed by atoms with E-state index in [1.165, 1.54) is 24.3 Å². The van der Waals surface area contributed by atoms with Gasteiger partial charge in [0.15, 0.2) is 0 Å². The van der Waals surface area contributed by atoms with Crippen molar-refractivity contribution in [3.8, 4) is 5.75 Å². The van der Waals surface area contributed by atoms with E-state index in [1.807, 2.05) is 0 Å². The molecule has 112 valence electrons. The van der Waals surface area contributed by atoms with Gasteiger partial charge in [-0.25, -0.2) is 0 Å². The van der Waals surface area contributed by atoms with Crippen LogP contribution in [0.5, 0.6) is 5.75 Å². The van der Waals surface area contributed by atoms with E-state index in [1.54, 1.807) is 0 Å². The Kier molecular flexibility index (Phi) is 6.51. The minimum absolute atomic E-state index is 0.0755. The van der Waals surface area contributed by atoms with Crippen LogP contribution >= 0.6 is 0 Å². The molecule has 0 aliphatic carbocycles. The highest BCUT2D eigenvalue weighted by Gasteiger charge is 2.30. The monoisotopic (exact) mass is 289 g/mol. The number of alkyl halides is 3. The standard InChI is InChI=1S/C14H18F3NO2/c15-14(16,17)20-13-7-5-11(6-8-13)10-12(19)4-2-1-3-9-18/h5-8H,1-4,9-10,18H2. The maximum Gasteiger partial charge on any atom is 0.573 e. The molecule has 1 aromatic rings. The summed E-state index contributed by atoms with van der Waals surface area (Å²) in [7, 11) is 0. The van der Waals surface area contributed by atoms with Crippen molar-refractivity contribution in [1.82, 2.24) is 0 Å². The summed E-state index contributed by atoms with van der Waals surface area (Å²) in [5, 5.41) is 0. The molecule has 0 aliphatic rings. The van der Waals surface area contributed by atoms with Gasteiger partial charge in [-0.1, -0.05) is 18.6 Å². The summed E-state index contributed by atoms with van der Waals surface area (Å²) in [5.74, 6) is -0.205. The van der Waals surface area contributed by atoms with E-state index < -0.39 is 6.36 Å². The Labute approximate surface area is 115 Å². The van der Waals surface area contributed by atoms with E-state index in [2.05, 4.69) is 4.74 Å². The van der Waals surface area contributed by atoms with E-state index in [9.17, 15) is 18.0 Å². The lowest BCUT2D eigenvalue weighted by molar-refractivity contribution is -0.274. The third kappa shape index (κ3) is 7.13. The molecule has 0 aromatic heterocycles. The van der Waals surface area contributed by atoms with Crippen molar-refractivity contribution in [2.75, 3.05) is 6.54 Å². The SMILES string of the molecule is NCCCCCC(=O)Cc1ccc(OC(F)(F)F)cc1. The van der Waals surface area contributed by atoms with Crippen molar-refractivity contribution in [2.45, 2.75) is 38.5 Å². The number of nitrogens with two attached hydrogens (primary N) is 1. The Morgan fingerprint density at radius 1 is 1.10 bits per heavy atom. The number of ketones is 1. The molecule has 1 rings (SSSR count). The molecule has 20 heavy (non-hydrogen) atoms. The number of halogens is 3. The van der Waals surface area contributed by atoms with Crippen LogP contribution < -0.4 is 10.5 Å². The molecule has 6 heteroatoms. The van der Waals surface area contributed by atoms with Crippen molar-refractivity contribution >= 4 is 5.78 Å². The number of carbonyl (C=O) groups is 1. The molecule has 0 bridgehead atoms. The molecule has 0 radical (unpaired) electrons. The summed E-state index contributed by atoms with van der Waals surface area (Å²) in [6, 6.07) is 5.37. The van der Waals surface area contributed by atoms with Crippen LogP contribution in [0.25, 0.3) is 0 Å². The number of hydrogen-bond acceptors (Lipinski definition) is 3. The van der Waals surface area contributed by atoms with Crippen LogP contribution in [0.2, 0.25) is 0 Å². The van der Waals surface area contributed by atoms with Crippen molar-refractivity contribution in [1.29, 1.82) is 0 Å². The highest BCUT2D eigenvalue weighted by Crippen LogP contribution is 2.22. The molecule has 0 spiro atoms. The fourth-order valence-corrected chi connectivity index (χ4v) is 1.77. The van der Waals surface area contributed by atoms with Gasteiger partial charge in [0.25, 0.3) is 0 Å². The Hall–Kier alpha value is -1.56. The van der Waals surface area contributed by atoms with E-state index in [-0.39, 0.29) is 18.0 Å². The lowest BCUT2D eigenvalue weighted by Gasteiger charge is -2.09. The van der Waals surface area contributed by atoms with Crippen molar-refractivity contribution in [3.05, 3.63) is 29.8 Å². The van der Waals surface area contributed by atoms with Gasteiger partial charge in [-0.15, -0.1) is 13.2 Å². The van der Waals surface area contributed by atoms with Gasteiger partial charge in [-0.3, -0.25) is 4.79 Å². The topological polar surface area (TPSA) is 52.3 Å². The summed E-state index contributed by atoms with van der Waals surface area (Å²) in [4.78, 5) is 11.6. The Bertz CT molecular complexity index is 415. The van der Waals surface area contributed by atoms with Crippen LogP contribution in [0.1, 0.15) is 31.2 Å². The molecule has 0 unspecified atom stereocenters. The maximum atomic E-state index is 12.0. The lowest BCUT2D eigenvalue weighted by atomic mass is 10.0. The van der Waals surface area contributed by atoms with E-state index >= 15 is 0 Å². The number of benzene rings is 1. The smallest absolute Gasteiger partial charge is 0.406 e. The summed E-state index contributed by atoms with van der Waals surface area (Å²) in [6.07, 6.45) is -1.38. The molecular formula is C14H18F3NO2. The minimum Gasteiger partial charge on any atom is -0.406 e.